The number of unbranched alkanes of at least 4 members (excludes halogenated alkanes) is 2. The number of amides is 1. The van der Waals surface area contributed by atoms with Gasteiger partial charge in [-0.1, -0.05) is 48.3 Å². The molecular formula is C49H62ClN3O12S. The zero-order valence-electron chi connectivity index (χ0n) is 37.3. The number of hydrogen-bond donors (Lipinski definition) is 3. The molecule has 3 N–H and O–H groups in total. The number of carbonyl (C=O) groups is 1. The first-order valence-electron chi connectivity index (χ1n) is 22.7. The molecular weight excluding hydrogens is 890 g/mol. The van der Waals surface area contributed by atoms with Gasteiger partial charge in [-0.3, -0.25) is 15.0 Å². The molecule has 0 spiro atoms. The van der Waals surface area contributed by atoms with Crippen LogP contribution in [0.25, 0.3) is 0 Å². The second-order valence-electron chi connectivity index (χ2n) is 16.3. The van der Waals surface area contributed by atoms with Crippen molar-refractivity contribution in [3.63, 3.8) is 0 Å². The number of allylic oxidation sites excluding steroid dienone is 1. The fourth-order valence-corrected chi connectivity index (χ4v) is 10.2. The average molecular weight is 953 g/mol. The van der Waals surface area contributed by atoms with Gasteiger partial charge in [-0.2, -0.15) is 0 Å². The van der Waals surface area contributed by atoms with Crippen molar-refractivity contribution in [2.24, 2.45) is 22.9 Å². The highest BCUT2D eigenvalue weighted by Crippen LogP contribution is 2.62. The molecule has 0 radical (unpaired) electrons. The van der Waals surface area contributed by atoms with Gasteiger partial charge in [0.2, 0.25) is 5.79 Å². The quantitative estimate of drug-likeness (QED) is 0.0158. The minimum Gasteiger partial charge on any atom is -0.493 e. The van der Waals surface area contributed by atoms with Crippen LogP contribution in [-0.2, 0) is 25.7 Å². The number of rotatable bonds is 28. The van der Waals surface area contributed by atoms with E-state index in [4.69, 9.17) is 45.3 Å². The molecule has 0 bridgehead atoms. The number of aliphatic hydroxyl groups is 3. The molecule has 3 aliphatic rings. The number of fused-ring (bicyclic) bond motifs is 2. The van der Waals surface area contributed by atoms with E-state index in [-0.39, 0.29) is 95.1 Å². The Labute approximate surface area is 395 Å². The van der Waals surface area contributed by atoms with Gasteiger partial charge < -0.3 is 43.8 Å². The molecule has 3 aromatic carbocycles. The number of aliphatic hydroxyl groups excluding tert-OH is 3. The van der Waals surface area contributed by atoms with Gasteiger partial charge in [0.15, 0.2) is 0 Å². The maximum Gasteiger partial charge on any atom is 0.410 e. The largest absolute Gasteiger partial charge is 0.493 e. The van der Waals surface area contributed by atoms with E-state index in [1.807, 2.05) is 30.3 Å². The fraction of sp³-hybridized carbons (Fsp3) is 0.510. The molecule has 15 nitrogen and oxygen atoms in total. The lowest BCUT2D eigenvalue weighted by Crippen LogP contribution is -2.70. The van der Waals surface area contributed by atoms with E-state index in [1.54, 1.807) is 30.0 Å². The summed E-state index contributed by atoms with van der Waals surface area (Å²) >= 11 is 7.75. The zero-order chi connectivity index (χ0) is 46.7. The zero-order valence-corrected chi connectivity index (χ0v) is 38.8. The normalized spacial score (nSPS) is 22.3. The molecule has 1 heterocycles. The lowest BCUT2D eigenvalue weighted by molar-refractivity contribution is -0.384. The standard InChI is InChI=1S/C49H62ClN3O12S/c1-2-25-63-49-45(52(21-27-60-28-24-56)48(57)62-26-20-50)33-43(51-64-34-35-14-16-37(17-15-35)53(58)59)41-31-36(10-6-8-22-54)40(13-7-9-23-55)46(47(41)49)42-32-38(18-19-44(42)65-49)61-29-30-66-39-11-4-3-5-12-39/h2-5,11-12,14-19,31-32,36,40,45-47,54-56H,1,6-10,13,20-30,33-34H2/t36-,40+,45-,46+,47+,49+/m0/s1. The smallest absolute Gasteiger partial charge is 0.410 e. The highest BCUT2D eigenvalue weighted by Gasteiger charge is 2.65. The first kappa shape index (κ1) is 50.7. The van der Waals surface area contributed by atoms with Gasteiger partial charge >= 0.3 is 6.09 Å². The Balaban J connectivity index is 1.51. The van der Waals surface area contributed by atoms with Crippen molar-refractivity contribution in [1.29, 1.82) is 0 Å². The molecule has 358 valence electrons. The molecule has 66 heavy (non-hydrogen) atoms. The maximum atomic E-state index is 14.3. The highest BCUT2D eigenvalue weighted by molar-refractivity contribution is 7.99. The lowest BCUT2D eigenvalue weighted by Gasteiger charge is -2.59. The summed E-state index contributed by atoms with van der Waals surface area (Å²) in [5, 5.41) is 45.6. The molecule has 17 heteroatoms. The van der Waals surface area contributed by atoms with Crippen LogP contribution in [0.4, 0.5) is 10.5 Å². The molecule has 0 saturated heterocycles. The lowest BCUT2D eigenvalue weighted by atomic mass is 9.55. The number of halogens is 1. The van der Waals surface area contributed by atoms with E-state index in [0.717, 1.165) is 47.5 Å². The van der Waals surface area contributed by atoms with Crippen molar-refractivity contribution >= 4 is 40.9 Å². The number of benzene rings is 3. The van der Waals surface area contributed by atoms with Gasteiger partial charge in [-0.05, 0) is 91.1 Å². The van der Waals surface area contributed by atoms with Gasteiger partial charge in [0, 0.05) is 60.4 Å². The van der Waals surface area contributed by atoms with Crippen LogP contribution in [0.15, 0.2) is 107 Å². The number of thioether (sulfide) groups is 1. The van der Waals surface area contributed by atoms with Crippen molar-refractivity contribution in [2.75, 3.05) is 71.0 Å². The molecule has 2 aliphatic carbocycles. The predicted octanol–water partition coefficient (Wildman–Crippen LogP) is 8.29. The Kier molecular flexibility index (Phi) is 20.0. The van der Waals surface area contributed by atoms with Gasteiger partial charge in [-0.25, -0.2) is 4.79 Å². The van der Waals surface area contributed by atoms with Crippen LogP contribution in [0, 0.1) is 27.9 Å². The van der Waals surface area contributed by atoms with Crippen molar-refractivity contribution in [1.82, 2.24) is 4.90 Å². The number of non-ortho nitro benzene ring substituents is 1. The molecule has 6 atom stereocenters. The number of alkyl halides is 1. The van der Waals surface area contributed by atoms with E-state index in [0.29, 0.717) is 42.2 Å². The minimum absolute atomic E-state index is 0.00510. The van der Waals surface area contributed by atoms with Crippen LogP contribution in [0.1, 0.15) is 62.0 Å². The van der Waals surface area contributed by atoms with Crippen LogP contribution >= 0.6 is 23.4 Å². The van der Waals surface area contributed by atoms with Crippen molar-refractivity contribution < 1.29 is 53.6 Å². The van der Waals surface area contributed by atoms with Gasteiger partial charge in [0.05, 0.1) is 55.5 Å². The molecule has 1 saturated carbocycles. The third-order valence-corrected chi connectivity index (χ3v) is 13.3. The monoisotopic (exact) mass is 951 g/mol. The summed E-state index contributed by atoms with van der Waals surface area (Å²) in [6, 6.07) is 21.2. The summed E-state index contributed by atoms with van der Waals surface area (Å²) in [5.74, 6) is -0.432. The average Bonchev–Trinajstić information content (AvgIpc) is 3.33. The van der Waals surface area contributed by atoms with Gasteiger partial charge in [0.1, 0.15) is 30.8 Å². The van der Waals surface area contributed by atoms with Crippen LogP contribution in [0.5, 0.6) is 11.5 Å². The minimum atomic E-state index is -1.55. The first-order valence-corrected chi connectivity index (χ1v) is 24.2. The number of oxime groups is 1. The molecule has 0 unspecified atom stereocenters. The summed E-state index contributed by atoms with van der Waals surface area (Å²) in [6.07, 6.45) is 7.56. The highest BCUT2D eigenvalue weighted by atomic mass is 35.5. The second kappa shape index (κ2) is 26.0. The van der Waals surface area contributed by atoms with Crippen LogP contribution in [-0.4, -0.2) is 120 Å². The Bertz CT molecular complexity index is 2080. The second-order valence-corrected chi connectivity index (χ2v) is 17.9. The number of hydrogen-bond acceptors (Lipinski definition) is 14. The summed E-state index contributed by atoms with van der Waals surface area (Å²) in [4.78, 5) is 34.1. The summed E-state index contributed by atoms with van der Waals surface area (Å²) in [6.45, 7) is 4.51. The van der Waals surface area contributed by atoms with E-state index in [2.05, 4.69) is 30.9 Å². The van der Waals surface area contributed by atoms with E-state index >= 15 is 0 Å². The van der Waals surface area contributed by atoms with Crippen molar-refractivity contribution in [2.45, 2.75) is 74.2 Å². The van der Waals surface area contributed by atoms with Crippen molar-refractivity contribution in [3.8, 4) is 11.5 Å². The van der Waals surface area contributed by atoms with Gasteiger partial charge in [-0.15, -0.1) is 29.9 Å². The molecule has 0 aromatic heterocycles. The molecule has 1 fully saturated rings. The third kappa shape index (κ3) is 12.8. The van der Waals surface area contributed by atoms with E-state index in [1.165, 1.54) is 17.0 Å². The van der Waals surface area contributed by atoms with Crippen LogP contribution in [0.2, 0.25) is 0 Å². The molecule has 3 aromatic rings. The van der Waals surface area contributed by atoms with Crippen molar-refractivity contribution in [3.05, 3.63) is 118 Å². The number of nitro benzene ring substituents is 1. The van der Waals surface area contributed by atoms with E-state index < -0.39 is 28.8 Å². The molecule has 1 aliphatic heterocycles. The number of ether oxygens (including phenoxy) is 5. The Morgan fingerprint density at radius 2 is 1.76 bits per heavy atom. The first-order chi connectivity index (χ1) is 32.3. The number of nitro groups is 1. The predicted molar refractivity (Wildman–Crippen MR) is 252 cm³/mol. The van der Waals surface area contributed by atoms with Gasteiger partial charge in [0.25, 0.3) is 5.69 Å². The van der Waals surface area contributed by atoms with Crippen LogP contribution < -0.4 is 9.47 Å². The molecule has 1 amide bonds. The topological polar surface area (TPSA) is 192 Å². The Morgan fingerprint density at radius 3 is 2.47 bits per heavy atom. The summed E-state index contributed by atoms with van der Waals surface area (Å²) in [5.41, 5.74) is 2.92. The number of nitrogens with zero attached hydrogens (tertiary/aromatic N) is 3. The fourth-order valence-electron chi connectivity index (χ4n) is 9.39. The SMILES string of the molecule is C=CCO[C@@]12Oc3ccc(OCCSc4ccccc4)cc3[C@H]3[C@H](CCCCO)[C@@H](CCCCO)C=C(C(=NOCc4ccc([N+](=O)[O-])cc4)C[C@@H]1N(CCOCCO)C(=O)OCCCl)[C@H]32. The Hall–Kier alpha value is -4.68. The summed E-state index contributed by atoms with van der Waals surface area (Å²) < 4.78 is 32.2. The maximum absolute atomic E-state index is 14.3. The van der Waals surface area contributed by atoms with Crippen LogP contribution in [0.3, 0.4) is 0 Å². The molecule has 6 rings (SSSR count). The number of carbonyl (C=O) groups excluding carboxylic acids is 1. The summed E-state index contributed by atoms with van der Waals surface area (Å²) in [7, 11) is 0. The Morgan fingerprint density at radius 1 is 0.985 bits per heavy atom. The third-order valence-electron chi connectivity index (χ3n) is 12.2. The van der Waals surface area contributed by atoms with E-state index in [9.17, 15) is 30.2 Å².